The van der Waals surface area contributed by atoms with Crippen molar-refractivity contribution in [2.45, 2.75) is 13.5 Å². The highest BCUT2D eigenvalue weighted by Gasteiger charge is 2.05. The van der Waals surface area contributed by atoms with Crippen molar-refractivity contribution in [2.24, 2.45) is 5.73 Å². The molecule has 0 aliphatic carbocycles. The molecule has 2 N–H and O–H groups in total. The van der Waals surface area contributed by atoms with Gasteiger partial charge in [-0.15, -0.1) is 0 Å². The Balaban J connectivity index is 1.82. The highest BCUT2D eigenvalue weighted by atomic mass is 16.5. The molecular weight excluding hydrogens is 260 g/mol. The fourth-order valence-electron chi connectivity index (χ4n) is 2.29. The van der Waals surface area contributed by atoms with E-state index in [1.54, 1.807) is 0 Å². The predicted molar refractivity (Wildman–Crippen MR) is 87.4 cm³/mol. The lowest BCUT2D eigenvalue weighted by molar-refractivity contribution is 0.206. The van der Waals surface area contributed by atoms with Crippen LogP contribution in [0, 0.1) is 6.92 Å². The Morgan fingerprint density at radius 3 is 2.52 bits per heavy atom. The van der Waals surface area contributed by atoms with Crippen LogP contribution in [0.1, 0.15) is 11.1 Å². The molecule has 0 atom stereocenters. The molecule has 0 saturated carbocycles. The van der Waals surface area contributed by atoms with Gasteiger partial charge in [0.05, 0.1) is 0 Å². The van der Waals surface area contributed by atoms with Crippen molar-refractivity contribution in [1.29, 1.82) is 0 Å². The van der Waals surface area contributed by atoms with E-state index in [-0.39, 0.29) is 0 Å². The maximum Gasteiger partial charge on any atom is 0.119 e. The number of hydrogen-bond donors (Lipinski definition) is 1. The van der Waals surface area contributed by atoms with Crippen LogP contribution in [-0.2, 0) is 6.54 Å². The second-order valence-corrected chi connectivity index (χ2v) is 5.22. The third kappa shape index (κ3) is 5.58. The van der Waals surface area contributed by atoms with E-state index in [1.165, 1.54) is 11.1 Å². The maximum atomic E-state index is 5.82. The van der Waals surface area contributed by atoms with E-state index in [0.29, 0.717) is 13.2 Å². The Morgan fingerprint density at radius 2 is 1.81 bits per heavy atom. The Morgan fingerprint density at radius 1 is 1.00 bits per heavy atom. The van der Waals surface area contributed by atoms with Gasteiger partial charge in [0, 0.05) is 26.2 Å². The normalized spacial score (nSPS) is 10.8. The molecule has 0 heterocycles. The van der Waals surface area contributed by atoms with Gasteiger partial charge in [-0.05, 0) is 30.2 Å². The van der Waals surface area contributed by atoms with Crippen LogP contribution in [0.3, 0.4) is 0 Å². The number of nitrogens with zero attached hydrogens (tertiary/aromatic N) is 1. The predicted octanol–water partition coefficient (Wildman–Crippen LogP) is 2.83. The second kappa shape index (κ2) is 8.45. The maximum absolute atomic E-state index is 5.82. The van der Waals surface area contributed by atoms with E-state index < -0.39 is 0 Å². The van der Waals surface area contributed by atoms with Crippen LogP contribution in [0.4, 0.5) is 0 Å². The molecule has 2 aromatic carbocycles. The van der Waals surface area contributed by atoms with E-state index in [9.17, 15) is 0 Å². The van der Waals surface area contributed by atoms with Gasteiger partial charge in [0.2, 0.25) is 0 Å². The molecule has 21 heavy (non-hydrogen) atoms. The molecule has 2 rings (SSSR count). The Labute approximate surface area is 127 Å². The Hall–Kier alpha value is -1.84. The van der Waals surface area contributed by atoms with Crippen molar-refractivity contribution in [3.8, 4) is 5.75 Å². The molecule has 0 radical (unpaired) electrons. The molecule has 0 saturated heterocycles. The van der Waals surface area contributed by atoms with Crippen molar-refractivity contribution >= 4 is 0 Å². The minimum absolute atomic E-state index is 0.664. The van der Waals surface area contributed by atoms with Crippen LogP contribution in [-0.4, -0.2) is 31.1 Å². The fourth-order valence-corrected chi connectivity index (χ4v) is 2.29. The SMILES string of the molecule is Cc1cccc(OCCN(CCN)Cc2ccccc2)c1. The van der Waals surface area contributed by atoms with Crippen LogP contribution in [0.25, 0.3) is 0 Å². The second-order valence-electron chi connectivity index (χ2n) is 5.22. The zero-order chi connectivity index (χ0) is 14.9. The topological polar surface area (TPSA) is 38.5 Å². The van der Waals surface area contributed by atoms with Gasteiger partial charge in [0.15, 0.2) is 0 Å². The fraction of sp³-hybridized carbons (Fsp3) is 0.333. The summed E-state index contributed by atoms with van der Waals surface area (Å²) in [5.41, 5.74) is 8.23. The molecular formula is C18H24N2O. The first-order valence-electron chi connectivity index (χ1n) is 7.44. The van der Waals surface area contributed by atoms with Crippen molar-refractivity contribution < 1.29 is 4.74 Å². The van der Waals surface area contributed by atoms with Crippen LogP contribution in [0.2, 0.25) is 0 Å². The minimum atomic E-state index is 0.664. The minimum Gasteiger partial charge on any atom is -0.492 e. The van der Waals surface area contributed by atoms with E-state index in [1.807, 2.05) is 18.2 Å². The van der Waals surface area contributed by atoms with Gasteiger partial charge in [-0.2, -0.15) is 0 Å². The molecule has 0 unspecified atom stereocenters. The van der Waals surface area contributed by atoms with Gasteiger partial charge in [-0.1, -0.05) is 42.5 Å². The lowest BCUT2D eigenvalue weighted by Crippen LogP contribution is -2.32. The Kier molecular flexibility index (Phi) is 6.25. The number of benzene rings is 2. The van der Waals surface area contributed by atoms with Crippen LogP contribution in [0.15, 0.2) is 54.6 Å². The van der Waals surface area contributed by atoms with E-state index in [0.717, 1.165) is 25.4 Å². The first-order chi connectivity index (χ1) is 10.3. The molecule has 0 bridgehead atoms. The van der Waals surface area contributed by atoms with E-state index in [2.05, 4.69) is 48.2 Å². The van der Waals surface area contributed by atoms with Crippen molar-refractivity contribution in [1.82, 2.24) is 4.90 Å². The number of hydrogen-bond acceptors (Lipinski definition) is 3. The molecule has 0 aliphatic rings. The zero-order valence-corrected chi connectivity index (χ0v) is 12.7. The van der Waals surface area contributed by atoms with Crippen molar-refractivity contribution in [2.75, 3.05) is 26.2 Å². The summed E-state index contributed by atoms with van der Waals surface area (Å²) in [5, 5.41) is 0. The van der Waals surface area contributed by atoms with Crippen molar-refractivity contribution in [3.05, 3.63) is 65.7 Å². The lowest BCUT2D eigenvalue weighted by Gasteiger charge is -2.21. The number of rotatable bonds is 8. The molecule has 112 valence electrons. The number of nitrogens with two attached hydrogens (primary N) is 1. The third-order valence-electron chi connectivity index (χ3n) is 3.36. The van der Waals surface area contributed by atoms with Crippen LogP contribution < -0.4 is 10.5 Å². The number of aryl methyl sites for hydroxylation is 1. The molecule has 0 spiro atoms. The molecule has 3 heteroatoms. The molecule has 0 aromatic heterocycles. The third-order valence-corrected chi connectivity index (χ3v) is 3.36. The molecule has 0 fully saturated rings. The summed E-state index contributed by atoms with van der Waals surface area (Å²) in [6.07, 6.45) is 0. The van der Waals surface area contributed by atoms with Crippen LogP contribution in [0.5, 0.6) is 5.75 Å². The highest BCUT2D eigenvalue weighted by Crippen LogP contribution is 2.12. The summed E-state index contributed by atoms with van der Waals surface area (Å²) in [6, 6.07) is 18.6. The van der Waals surface area contributed by atoms with Gasteiger partial charge in [0.1, 0.15) is 12.4 Å². The molecule has 2 aromatic rings. The van der Waals surface area contributed by atoms with Gasteiger partial charge in [-0.3, -0.25) is 4.90 Å². The van der Waals surface area contributed by atoms with Gasteiger partial charge in [0.25, 0.3) is 0 Å². The van der Waals surface area contributed by atoms with E-state index >= 15 is 0 Å². The number of ether oxygens (including phenoxy) is 1. The quantitative estimate of drug-likeness (QED) is 0.810. The summed E-state index contributed by atoms with van der Waals surface area (Å²) in [7, 11) is 0. The summed E-state index contributed by atoms with van der Waals surface area (Å²) in [6.45, 7) is 6.08. The van der Waals surface area contributed by atoms with Gasteiger partial charge >= 0.3 is 0 Å². The summed E-state index contributed by atoms with van der Waals surface area (Å²) in [5.74, 6) is 0.933. The average Bonchev–Trinajstić information content (AvgIpc) is 2.48. The molecule has 0 amide bonds. The largest absolute Gasteiger partial charge is 0.492 e. The summed E-state index contributed by atoms with van der Waals surface area (Å²) >= 11 is 0. The molecule has 3 nitrogen and oxygen atoms in total. The highest BCUT2D eigenvalue weighted by molar-refractivity contribution is 5.27. The molecule has 0 aliphatic heterocycles. The first-order valence-corrected chi connectivity index (χ1v) is 7.44. The monoisotopic (exact) mass is 284 g/mol. The smallest absolute Gasteiger partial charge is 0.119 e. The van der Waals surface area contributed by atoms with Gasteiger partial charge < -0.3 is 10.5 Å². The average molecular weight is 284 g/mol. The first kappa shape index (κ1) is 15.5. The van der Waals surface area contributed by atoms with Crippen molar-refractivity contribution in [3.63, 3.8) is 0 Å². The van der Waals surface area contributed by atoms with Gasteiger partial charge in [-0.25, -0.2) is 0 Å². The van der Waals surface area contributed by atoms with Crippen LogP contribution >= 0.6 is 0 Å². The van der Waals surface area contributed by atoms with E-state index in [4.69, 9.17) is 10.5 Å². The summed E-state index contributed by atoms with van der Waals surface area (Å²) in [4.78, 5) is 2.32. The Bertz CT molecular complexity index is 528. The standard InChI is InChI=1S/C18H24N2O/c1-16-6-5-9-18(14-16)21-13-12-20(11-10-19)15-17-7-3-2-4-8-17/h2-9,14H,10-13,15,19H2,1H3. The summed E-state index contributed by atoms with van der Waals surface area (Å²) < 4.78 is 5.82. The zero-order valence-electron chi connectivity index (χ0n) is 12.7. The lowest BCUT2D eigenvalue weighted by atomic mass is 10.2.